The van der Waals surface area contributed by atoms with Crippen molar-refractivity contribution in [2.24, 2.45) is 0 Å². The first-order valence-electron chi connectivity index (χ1n) is 7.66. The van der Waals surface area contributed by atoms with E-state index in [4.69, 9.17) is 23.2 Å². The zero-order chi connectivity index (χ0) is 19.1. The van der Waals surface area contributed by atoms with Gasteiger partial charge in [0.25, 0.3) is 0 Å². The minimum atomic E-state index is -1.06. The van der Waals surface area contributed by atoms with Gasteiger partial charge in [0.1, 0.15) is 6.10 Å². The van der Waals surface area contributed by atoms with E-state index in [1.54, 1.807) is 48.5 Å². The van der Waals surface area contributed by atoms with Crippen LogP contribution in [0.5, 0.6) is 0 Å². The van der Waals surface area contributed by atoms with Crippen molar-refractivity contribution in [3.63, 3.8) is 0 Å². The molecule has 1 amide bonds. The van der Waals surface area contributed by atoms with Gasteiger partial charge in [0, 0.05) is 22.2 Å². The molecular weight excluding hydrogens is 377 g/mol. The van der Waals surface area contributed by atoms with Gasteiger partial charge >= 0.3 is 5.97 Å². The summed E-state index contributed by atoms with van der Waals surface area (Å²) in [5.74, 6) is -1.21. The maximum absolute atomic E-state index is 12.1. The molecule has 0 spiro atoms. The fourth-order valence-corrected chi connectivity index (χ4v) is 2.64. The highest BCUT2D eigenvalue weighted by molar-refractivity contribution is 6.30. The molecule has 0 fully saturated rings. The predicted molar refractivity (Wildman–Crippen MR) is 99.9 cm³/mol. The lowest BCUT2D eigenvalue weighted by molar-refractivity contribution is -0.135. The van der Waals surface area contributed by atoms with Gasteiger partial charge in [-0.15, -0.1) is 0 Å². The van der Waals surface area contributed by atoms with Crippen LogP contribution in [-0.2, 0) is 14.3 Å². The molecule has 136 valence electrons. The predicted octanol–water partition coefficient (Wildman–Crippen LogP) is 3.61. The van der Waals surface area contributed by atoms with E-state index in [1.165, 1.54) is 7.11 Å². The summed E-state index contributed by atoms with van der Waals surface area (Å²) in [6, 6.07) is 12.7. The summed E-state index contributed by atoms with van der Waals surface area (Å²) in [7, 11) is 1.21. The molecule has 2 N–H and O–H groups in total. The standard InChI is InChI=1S/C19H17Cl2NO4/c1-26-17(24)10-9-16(23)22-18(12-5-7-14(20)8-6-12)19(25)13-3-2-4-15(21)11-13/h2-11,18-19,25H,1H3,(H,22,23)/t18-,19-/m1/s1. The number of nitrogens with one attached hydrogen (secondary N) is 1. The van der Waals surface area contributed by atoms with Crippen LogP contribution in [0, 0.1) is 0 Å². The van der Waals surface area contributed by atoms with Crippen molar-refractivity contribution in [3.8, 4) is 0 Å². The summed E-state index contributed by atoms with van der Waals surface area (Å²) in [4.78, 5) is 23.3. The van der Waals surface area contributed by atoms with Gasteiger partial charge in [-0.05, 0) is 35.4 Å². The first-order chi connectivity index (χ1) is 12.4. The van der Waals surface area contributed by atoms with Crippen molar-refractivity contribution >= 4 is 35.1 Å². The Labute approximate surface area is 161 Å². The Hall–Kier alpha value is -2.34. The zero-order valence-corrected chi connectivity index (χ0v) is 15.4. The van der Waals surface area contributed by atoms with Crippen molar-refractivity contribution < 1.29 is 19.4 Å². The van der Waals surface area contributed by atoms with E-state index in [0.29, 0.717) is 21.2 Å². The normalized spacial score (nSPS) is 13.2. The van der Waals surface area contributed by atoms with Crippen molar-refractivity contribution in [1.82, 2.24) is 5.32 Å². The van der Waals surface area contributed by atoms with Crippen LogP contribution in [-0.4, -0.2) is 24.1 Å². The summed E-state index contributed by atoms with van der Waals surface area (Å²) < 4.78 is 4.45. The maximum atomic E-state index is 12.1. The first-order valence-corrected chi connectivity index (χ1v) is 8.42. The zero-order valence-electron chi connectivity index (χ0n) is 13.9. The van der Waals surface area contributed by atoms with Crippen molar-refractivity contribution in [2.75, 3.05) is 7.11 Å². The maximum Gasteiger partial charge on any atom is 0.330 e. The van der Waals surface area contributed by atoms with Gasteiger partial charge in [-0.25, -0.2) is 4.79 Å². The Morgan fingerprint density at radius 2 is 1.73 bits per heavy atom. The monoisotopic (exact) mass is 393 g/mol. The topological polar surface area (TPSA) is 75.6 Å². The van der Waals surface area contributed by atoms with E-state index >= 15 is 0 Å². The van der Waals surface area contributed by atoms with Crippen LogP contribution in [0.2, 0.25) is 10.0 Å². The minimum Gasteiger partial charge on any atom is -0.466 e. The number of benzene rings is 2. The highest BCUT2D eigenvalue weighted by Gasteiger charge is 2.24. The second-order valence-corrected chi connectivity index (χ2v) is 6.27. The summed E-state index contributed by atoms with van der Waals surface area (Å²) in [6.45, 7) is 0. The molecular formula is C19H17Cl2NO4. The molecule has 0 bridgehead atoms. The molecule has 2 atom stereocenters. The summed E-state index contributed by atoms with van der Waals surface area (Å²) >= 11 is 11.9. The molecule has 2 aromatic rings. The number of aliphatic hydroxyl groups excluding tert-OH is 1. The SMILES string of the molecule is COC(=O)C=CC(=O)N[C@H](c1ccc(Cl)cc1)[C@H](O)c1cccc(Cl)c1. The number of halogens is 2. The highest BCUT2D eigenvalue weighted by atomic mass is 35.5. The molecule has 2 aromatic carbocycles. The molecule has 0 radical (unpaired) electrons. The second-order valence-electron chi connectivity index (χ2n) is 5.39. The van der Waals surface area contributed by atoms with E-state index in [0.717, 1.165) is 12.2 Å². The summed E-state index contributed by atoms with van der Waals surface area (Å²) in [5.41, 5.74) is 1.18. The van der Waals surface area contributed by atoms with E-state index in [1.807, 2.05) is 0 Å². The molecule has 0 saturated heterocycles. The molecule has 26 heavy (non-hydrogen) atoms. The van der Waals surface area contributed by atoms with Crippen molar-refractivity contribution in [1.29, 1.82) is 0 Å². The number of hydrogen-bond acceptors (Lipinski definition) is 4. The van der Waals surface area contributed by atoms with Gasteiger partial charge in [0.15, 0.2) is 0 Å². The number of rotatable bonds is 6. The highest BCUT2D eigenvalue weighted by Crippen LogP contribution is 2.30. The van der Waals surface area contributed by atoms with Crippen molar-refractivity contribution in [2.45, 2.75) is 12.1 Å². The number of methoxy groups -OCH3 is 1. The van der Waals surface area contributed by atoms with Crippen molar-refractivity contribution in [3.05, 3.63) is 81.9 Å². The van der Waals surface area contributed by atoms with Gasteiger partial charge in [0.2, 0.25) is 5.91 Å². The average Bonchev–Trinajstić information content (AvgIpc) is 2.64. The van der Waals surface area contributed by atoms with Crippen LogP contribution in [0.25, 0.3) is 0 Å². The Balaban J connectivity index is 2.29. The lowest BCUT2D eigenvalue weighted by Gasteiger charge is -2.25. The first kappa shape index (κ1) is 20.0. The third-order valence-electron chi connectivity index (χ3n) is 3.60. The average molecular weight is 394 g/mol. The van der Waals surface area contributed by atoms with E-state index in [9.17, 15) is 14.7 Å². The van der Waals surface area contributed by atoms with Crippen LogP contribution in [0.4, 0.5) is 0 Å². The molecule has 7 heteroatoms. The third-order valence-corrected chi connectivity index (χ3v) is 4.09. The van der Waals surface area contributed by atoms with E-state index in [2.05, 4.69) is 10.1 Å². The number of esters is 1. The van der Waals surface area contributed by atoms with Gasteiger partial charge in [0.05, 0.1) is 13.2 Å². The lowest BCUT2D eigenvalue weighted by Crippen LogP contribution is -2.31. The Bertz CT molecular complexity index is 805. The van der Waals surface area contributed by atoms with Crippen LogP contribution in [0.15, 0.2) is 60.7 Å². The quantitative estimate of drug-likeness (QED) is 0.580. The smallest absolute Gasteiger partial charge is 0.330 e. The molecule has 0 heterocycles. The second kappa shape index (κ2) is 9.38. The molecule has 0 unspecified atom stereocenters. The molecule has 0 saturated carbocycles. The van der Waals surface area contributed by atoms with Crippen LogP contribution >= 0.6 is 23.2 Å². The number of hydrogen-bond donors (Lipinski definition) is 2. The number of ether oxygens (including phenoxy) is 1. The fourth-order valence-electron chi connectivity index (χ4n) is 2.31. The molecule has 5 nitrogen and oxygen atoms in total. The Morgan fingerprint density at radius 1 is 1.04 bits per heavy atom. The van der Waals surface area contributed by atoms with Crippen LogP contribution < -0.4 is 5.32 Å². The number of carbonyl (C=O) groups excluding carboxylic acids is 2. The summed E-state index contributed by atoms with van der Waals surface area (Å²) in [5, 5.41) is 14.5. The fraction of sp³-hybridized carbons (Fsp3) is 0.158. The van der Waals surface area contributed by atoms with Crippen LogP contribution in [0.1, 0.15) is 23.3 Å². The van der Waals surface area contributed by atoms with E-state index < -0.39 is 24.0 Å². The number of carbonyl (C=O) groups is 2. The number of amides is 1. The molecule has 0 aliphatic carbocycles. The largest absolute Gasteiger partial charge is 0.466 e. The van der Waals surface area contributed by atoms with Gasteiger partial charge in [-0.1, -0.05) is 47.5 Å². The third kappa shape index (κ3) is 5.59. The molecule has 0 aromatic heterocycles. The molecule has 2 rings (SSSR count). The Kier molecular flexibility index (Phi) is 7.21. The number of aliphatic hydroxyl groups is 1. The minimum absolute atomic E-state index is 0.466. The molecule has 0 aliphatic rings. The Morgan fingerprint density at radius 3 is 2.35 bits per heavy atom. The lowest BCUT2D eigenvalue weighted by atomic mass is 9.95. The van der Waals surface area contributed by atoms with Gasteiger partial charge in [-0.3, -0.25) is 4.79 Å². The summed E-state index contributed by atoms with van der Waals surface area (Å²) in [6.07, 6.45) is 0.977. The van der Waals surface area contributed by atoms with Gasteiger partial charge in [-0.2, -0.15) is 0 Å². The van der Waals surface area contributed by atoms with Gasteiger partial charge < -0.3 is 15.2 Å². The molecule has 0 aliphatic heterocycles. The van der Waals surface area contributed by atoms with E-state index in [-0.39, 0.29) is 0 Å². The van der Waals surface area contributed by atoms with Crippen LogP contribution in [0.3, 0.4) is 0 Å².